The van der Waals surface area contributed by atoms with Crippen molar-refractivity contribution >= 4 is 11.6 Å². The van der Waals surface area contributed by atoms with Crippen LogP contribution in [0, 0.1) is 34.5 Å². The molecule has 0 aromatic rings. The zero-order valence-electron chi connectivity index (χ0n) is 15.7. The number of hydrogen-bond acceptors (Lipinski definition) is 4. The van der Waals surface area contributed by atoms with E-state index in [0.29, 0.717) is 6.42 Å². The summed E-state index contributed by atoms with van der Waals surface area (Å²) in [6.45, 7) is 6.00. The molecule has 140 valence electrons. The lowest BCUT2D eigenvalue weighted by Gasteiger charge is -2.53. The van der Waals surface area contributed by atoms with Crippen LogP contribution in [0.5, 0.6) is 0 Å². The van der Waals surface area contributed by atoms with Gasteiger partial charge in [0.25, 0.3) is 0 Å². The molecule has 4 rings (SSSR count). The second-order valence-corrected chi connectivity index (χ2v) is 9.20. The summed E-state index contributed by atoms with van der Waals surface area (Å²) in [5.41, 5.74) is 1.68. The van der Waals surface area contributed by atoms with Crippen molar-refractivity contribution in [2.24, 2.45) is 34.5 Å². The van der Waals surface area contributed by atoms with E-state index in [1.807, 2.05) is 6.08 Å². The van der Waals surface area contributed by atoms with Crippen LogP contribution in [0.1, 0.15) is 40.0 Å². The van der Waals surface area contributed by atoms with Crippen LogP contribution in [0.25, 0.3) is 0 Å². The van der Waals surface area contributed by atoms with Crippen LogP contribution >= 0.6 is 0 Å². The van der Waals surface area contributed by atoms with Gasteiger partial charge in [-0.15, -0.1) is 0 Å². The van der Waals surface area contributed by atoms with Gasteiger partial charge in [-0.05, 0) is 61.2 Å². The Kier molecular flexibility index (Phi) is 3.94. The Morgan fingerprint density at radius 3 is 2.77 bits per heavy atom. The maximum atomic E-state index is 12.5. The summed E-state index contributed by atoms with van der Waals surface area (Å²) in [5, 5.41) is 20.5. The first-order chi connectivity index (χ1) is 12.2. The molecule has 2 N–H and O–H groups in total. The molecule has 2 saturated carbocycles. The van der Waals surface area contributed by atoms with Crippen LogP contribution in [0.3, 0.4) is 0 Å². The lowest BCUT2D eigenvalue weighted by Crippen LogP contribution is -2.50. The Balaban J connectivity index is 1.80. The SMILES string of the molecule is C[C@@H]1C[C@H]2[C@H]3C(=CC[C@]2(C)[C@H]1C(=O)CO)[C@@]1(C)C=CC(=O)C=C1CC3O. The molecule has 1 unspecified atom stereocenters. The summed E-state index contributed by atoms with van der Waals surface area (Å²) in [7, 11) is 0. The van der Waals surface area contributed by atoms with Crippen LogP contribution in [0.2, 0.25) is 0 Å². The van der Waals surface area contributed by atoms with Gasteiger partial charge in [0.15, 0.2) is 11.6 Å². The van der Waals surface area contributed by atoms with E-state index in [9.17, 15) is 19.8 Å². The summed E-state index contributed by atoms with van der Waals surface area (Å²) in [6.07, 6.45) is 9.19. The number of carbonyl (C=O) groups is 2. The summed E-state index contributed by atoms with van der Waals surface area (Å²) >= 11 is 0. The van der Waals surface area contributed by atoms with Gasteiger partial charge in [-0.1, -0.05) is 31.6 Å². The average Bonchev–Trinajstić information content (AvgIpc) is 2.86. The van der Waals surface area contributed by atoms with Gasteiger partial charge < -0.3 is 10.2 Å². The van der Waals surface area contributed by atoms with Gasteiger partial charge in [0.2, 0.25) is 0 Å². The molecule has 0 saturated heterocycles. The highest BCUT2D eigenvalue weighted by molar-refractivity contribution is 6.01. The van der Waals surface area contributed by atoms with Crippen molar-refractivity contribution in [3.05, 3.63) is 35.5 Å². The molecule has 0 heterocycles. The largest absolute Gasteiger partial charge is 0.392 e. The van der Waals surface area contributed by atoms with Crippen LogP contribution in [-0.2, 0) is 9.59 Å². The first-order valence-corrected chi connectivity index (χ1v) is 9.69. The van der Waals surface area contributed by atoms with E-state index in [-0.39, 0.29) is 46.1 Å². The van der Waals surface area contributed by atoms with Crippen molar-refractivity contribution < 1.29 is 19.8 Å². The van der Waals surface area contributed by atoms with E-state index in [1.165, 1.54) is 5.57 Å². The fourth-order valence-electron chi connectivity index (χ4n) is 6.65. The number of rotatable bonds is 2. The highest BCUT2D eigenvalue weighted by atomic mass is 16.3. The van der Waals surface area contributed by atoms with Crippen molar-refractivity contribution in [2.75, 3.05) is 6.61 Å². The third-order valence-electron chi connectivity index (χ3n) is 7.82. The topological polar surface area (TPSA) is 74.6 Å². The summed E-state index contributed by atoms with van der Waals surface area (Å²) in [6, 6.07) is 0. The highest BCUT2D eigenvalue weighted by Crippen LogP contribution is 2.65. The molecule has 0 bridgehead atoms. The minimum atomic E-state index is -0.528. The summed E-state index contributed by atoms with van der Waals surface area (Å²) < 4.78 is 0. The molecule has 0 radical (unpaired) electrons. The van der Waals surface area contributed by atoms with E-state index in [4.69, 9.17) is 0 Å². The predicted molar refractivity (Wildman–Crippen MR) is 98.1 cm³/mol. The molecule has 0 amide bonds. The number of fused-ring (bicyclic) bond motifs is 5. The van der Waals surface area contributed by atoms with Gasteiger partial charge in [0.05, 0.1) is 6.10 Å². The number of Topliss-reactive ketones (excluding diaryl/α,β-unsaturated/α-hetero) is 1. The Hall–Kier alpha value is -1.52. The lowest BCUT2D eigenvalue weighted by molar-refractivity contribution is -0.131. The molecule has 4 heteroatoms. The summed E-state index contributed by atoms with van der Waals surface area (Å²) in [4.78, 5) is 24.3. The Bertz CT molecular complexity index is 760. The fraction of sp³-hybridized carbons (Fsp3) is 0.636. The molecule has 0 spiro atoms. The maximum Gasteiger partial charge on any atom is 0.178 e. The molecule has 0 aromatic carbocycles. The molecular weight excluding hydrogens is 328 g/mol. The van der Waals surface area contributed by atoms with E-state index >= 15 is 0 Å². The van der Waals surface area contributed by atoms with Crippen LogP contribution in [0.4, 0.5) is 0 Å². The van der Waals surface area contributed by atoms with Crippen LogP contribution in [0.15, 0.2) is 35.5 Å². The van der Waals surface area contributed by atoms with E-state index in [0.717, 1.165) is 18.4 Å². The second-order valence-electron chi connectivity index (χ2n) is 9.20. The minimum Gasteiger partial charge on any atom is -0.392 e. The number of ketones is 2. The predicted octanol–water partition coefficient (Wildman–Crippen LogP) is 2.61. The molecule has 4 nitrogen and oxygen atoms in total. The molecule has 0 aromatic heterocycles. The van der Waals surface area contributed by atoms with Crippen LogP contribution < -0.4 is 0 Å². The van der Waals surface area contributed by atoms with E-state index < -0.39 is 12.7 Å². The van der Waals surface area contributed by atoms with Crippen molar-refractivity contribution in [1.29, 1.82) is 0 Å². The number of aliphatic hydroxyl groups excluding tert-OH is 2. The van der Waals surface area contributed by atoms with Gasteiger partial charge >= 0.3 is 0 Å². The summed E-state index contributed by atoms with van der Waals surface area (Å²) in [5.74, 6) is 0.200. The zero-order valence-corrected chi connectivity index (χ0v) is 15.7. The zero-order chi connectivity index (χ0) is 18.9. The van der Waals surface area contributed by atoms with Gasteiger partial charge in [0, 0.05) is 17.3 Å². The standard InChI is InChI=1S/C22H28O4/c1-12-8-16-19-15(5-7-22(16,3)20(12)18(26)11-23)21(2)6-4-14(24)9-13(21)10-17(19)25/h4-6,9,12,16-17,19-20,23,25H,7-8,10-11H2,1-3H3/t12-,16+,17?,19-,20-,21+,22+/m1/s1. The smallest absolute Gasteiger partial charge is 0.178 e. The first-order valence-electron chi connectivity index (χ1n) is 9.69. The average molecular weight is 356 g/mol. The van der Waals surface area contributed by atoms with Crippen molar-refractivity contribution in [3.8, 4) is 0 Å². The van der Waals surface area contributed by atoms with Crippen molar-refractivity contribution in [2.45, 2.75) is 46.1 Å². The monoisotopic (exact) mass is 356 g/mol. The maximum absolute atomic E-state index is 12.5. The molecule has 2 fully saturated rings. The van der Waals surface area contributed by atoms with Gasteiger partial charge in [-0.3, -0.25) is 9.59 Å². The quantitative estimate of drug-likeness (QED) is 0.746. The van der Waals surface area contributed by atoms with Gasteiger partial charge in [-0.2, -0.15) is 0 Å². The normalized spacial score (nSPS) is 46.8. The minimum absolute atomic E-state index is 0.00697. The molecule has 0 aliphatic heterocycles. The second kappa shape index (κ2) is 5.74. The first kappa shape index (κ1) is 17.9. The molecule has 4 aliphatic carbocycles. The molecule has 7 atom stereocenters. The lowest BCUT2D eigenvalue weighted by atomic mass is 9.51. The van der Waals surface area contributed by atoms with Crippen molar-refractivity contribution in [3.63, 3.8) is 0 Å². The molecule has 4 aliphatic rings. The highest BCUT2D eigenvalue weighted by Gasteiger charge is 2.60. The van der Waals surface area contributed by atoms with E-state index in [2.05, 4.69) is 26.8 Å². The van der Waals surface area contributed by atoms with Crippen LogP contribution in [-0.4, -0.2) is 34.5 Å². The molecule has 26 heavy (non-hydrogen) atoms. The third-order valence-corrected chi connectivity index (χ3v) is 7.82. The molecular formula is C22H28O4. The number of carbonyl (C=O) groups excluding carboxylic acids is 2. The Morgan fingerprint density at radius 1 is 1.35 bits per heavy atom. The number of hydrogen-bond donors (Lipinski definition) is 2. The number of aliphatic hydroxyl groups is 2. The van der Waals surface area contributed by atoms with E-state index in [1.54, 1.807) is 12.2 Å². The number of allylic oxidation sites excluding steroid dienone is 4. The van der Waals surface area contributed by atoms with Gasteiger partial charge in [-0.25, -0.2) is 0 Å². The Morgan fingerprint density at radius 2 is 2.08 bits per heavy atom. The van der Waals surface area contributed by atoms with Gasteiger partial charge in [0.1, 0.15) is 6.61 Å². The third kappa shape index (κ3) is 2.21. The fourth-order valence-corrected chi connectivity index (χ4v) is 6.65. The van der Waals surface area contributed by atoms with Crippen molar-refractivity contribution in [1.82, 2.24) is 0 Å². The Labute approximate surface area is 154 Å².